The maximum absolute atomic E-state index is 14.7. The molecule has 4 aliphatic rings. The van der Waals surface area contributed by atoms with Crippen LogP contribution in [0.2, 0.25) is 0 Å². The smallest absolute Gasteiger partial charge is 0.289 e. The molecular weight excluding hydrogens is 2000 g/mol. The van der Waals surface area contributed by atoms with Gasteiger partial charge >= 0.3 is 5.82 Å². The van der Waals surface area contributed by atoms with Crippen molar-refractivity contribution in [1.82, 2.24) is 0 Å². The summed E-state index contributed by atoms with van der Waals surface area (Å²) in [7, 11) is 0. The number of fused-ring (bicyclic) bond motifs is 12. The second-order valence-corrected chi connectivity index (χ2v) is 49.4. The summed E-state index contributed by atoms with van der Waals surface area (Å²) in [4.78, 5) is 43.7. The number of halogens is 2. The maximum Gasteiger partial charge on any atom is 0.528 e. The van der Waals surface area contributed by atoms with Crippen molar-refractivity contribution < 1.29 is 49.5 Å². The molecule has 0 amide bonds. The van der Waals surface area contributed by atoms with Gasteiger partial charge in [0.25, 0.3) is 1.28 Å². The second-order valence-electron chi connectivity index (χ2n) is 30.5. The third-order valence-electron chi connectivity index (χ3n) is 23.1. The van der Waals surface area contributed by atoms with E-state index in [9.17, 15) is 20.1 Å². The van der Waals surface area contributed by atoms with E-state index in [4.69, 9.17) is 14.4 Å². The molecule has 0 unspecified atom stereocenters. The van der Waals surface area contributed by atoms with Gasteiger partial charge < -0.3 is 0 Å². The van der Waals surface area contributed by atoms with E-state index in [2.05, 4.69) is 203 Å². The number of aryl methyl sites for hydroxylation is 6. The van der Waals surface area contributed by atoms with Gasteiger partial charge in [-0.15, -0.1) is 56.7 Å². The number of Topliss-reactive ketones (excluding diaryl/α,β-unsaturated/α-hetero) is 2. The second kappa shape index (κ2) is 41.7. The van der Waals surface area contributed by atoms with Gasteiger partial charge in [-0.05, 0) is 195 Å². The number of hydrogen-bond donors (Lipinski definition) is 0. The number of thiophene rings is 5. The van der Waals surface area contributed by atoms with Gasteiger partial charge in [-0.2, -0.15) is 26.9 Å². The van der Waals surface area contributed by atoms with E-state index in [1.165, 1.54) is 174 Å². The van der Waals surface area contributed by atoms with Crippen molar-refractivity contribution in [3.63, 3.8) is 0 Å². The Hall–Kier alpha value is -6.97. The maximum atomic E-state index is 14.7. The van der Waals surface area contributed by atoms with Gasteiger partial charge in [-0.25, -0.2) is 0 Å². The minimum atomic E-state index is -1.45. The average molecular weight is 2100 g/mol. The van der Waals surface area contributed by atoms with Gasteiger partial charge in [0.05, 0.1) is 25.8 Å². The van der Waals surface area contributed by atoms with Crippen LogP contribution in [0.15, 0.2) is 205 Å². The van der Waals surface area contributed by atoms with Crippen LogP contribution >= 0.6 is 104 Å². The van der Waals surface area contributed by atoms with Gasteiger partial charge in [0.2, 0.25) is 0 Å². The van der Waals surface area contributed by atoms with Gasteiger partial charge in [0.15, 0.2) is 11.6 Å². The molecule has 0 aliphatic heterocycles. The minimum Gasteiger partial charge on any atom is -0.289 e. The Labute approximate surface area is 780 Å². The Morgan fingerprint density at radius 1 is 0.458 bits per heavy atom. The Balaban J connectivity index is 0.000000797. The van der Waals surface area contributed by atoms with E-state index in [1.54, 1.807) is 34.8 Å². The zero-order valence-corrected chi connectivity index (χ0v) is 82.1. The summed E-state index contributed by atoms with van der Waals surface area (Å²) in [6.07, 6.45) is 26.8. The molecule has 4 aliphatic carbocycles. The summed E-state index contributed by atoms with van der Waals surface area (Å²) >= 11 is 12.9. The van der Waals surface area contributed by atoms with E-state index in [-0.39, 0.29) is 62.9 Å². The molecule has 0 N–H and O–H groups in total. The van der Waals surface area contributed by atoms with Crippen molar-refractivity contribution in [2.75, 3.05) is 0 Å². The number of nitrogens with zero attached hydrogens (tertiary/aromatic N) is 4. The quantitative estimate of drug-likeness (QED) is 0.0135. The molecule has 0 radical (unpaired) electrons. The number of hydrogen-bond acceptors (Lipinski definition) is 9. The molecule has 596 valence electrons. The molecule has 5 heterocycles. The van der Waals surface area contributed by atoms with Crippen molar-refractivity contribution in [3.8, 4) is 33.0 Å². The van der Waals surface area contributed by atoms with Crippen molar-refractivity contribution in [2.45, 2.75) is 195 Å². The number of rotatable bonds is 26. The van der Waals surface area contributed by atoms with Crippen LogP contribution in [0.4, 0.5) is 0 Å². The Morgan fingerprint density at radius 2 is 0.771 bits per heavy atom. The SMILES string of the molecule is CC.Cc1ccc(C)s1.[3H][P+]([CH2-])(I)I.[C-]#[N+]C([N+]#[C-])=C1/C(=C\c2cc3sc4c(c3s2)C(c2ccc(CCCCCC)cc2)(c2ccc(CCCCCC)cc2)c2cc3c(cc2-4)C(c2ccc(CCCCCC)cc2)(c2ccc(CCCCCC)cc2)c2c-3sc3cc(/C=C4/C(=O)c5ccccc5C4=C(C#N)C#N)sc23)C(=O)c2ccccc21.[Th]. The summed E-state index contributed by atoms with van der Waals surface area (Å²) in [6.45, 7) is 37.1. The first-order valence-electron chi connectivity index (χ1n) is 42.0. The molecule has 6 nitrogen and oxygen atoms in total. The Bertz CT molecular complexity index is 5520. The van der Waals surface area contributed by atoms with Crippen molar-refractivity contribution in [3.05, 3.63) is 343 Å². The van der Waals surface area contributed by atoms with Crippen LogP contribution in [0.25, 0.3) is 72.7 Å². The third-order valence-corrected chi connectivity index (χ3v) is 28.8. The molecule has 15 heteroatoms. The number of benzene rings is 7. The summed E-state index contributed by atoms with van der Waals surface area (Å²) < 4.78 is 9.98. The minimum absolute atomic E-state index is 0. The zero-order valence-electron chi connectivity index (χ0n) is 69.7. The Morgan fingerprint density at radius 3 is 1.07 bits per heavy atom. The van der Waals surface area contributed by atoms with Crippen LogP contribution in [0.1, 0.15) is 262 Å². The zero-order chi connectivity index (χ0) is 83.4. The normalized spacial score (nSPS) is 14.2. The summed E-state index contributed by atoms with van der Waals surface area (Å²) in [5.41, 5.74) is 19.4. The van der Waals surface area contributed by atoms with Crippen LogP contribution in [-0.4, -0.2) is 12.8 Å². The number of unbranched alkanes of at least 4 members (excludes halogenated alkanes) is 12. The fourth-order valence-corrected chi connectivity index (χ4v) is 23.9. The van der Waals surface area contributed by atoms with Crippen molar-refractivity contribution in [1.29, 1.82) is 11.8 Å². The Kier molecular flexibility index (Phi) is 31.4. The molecule has 7 aromatic carbocycles. The van der Waals surface area contributed by atoms with Crippen LogP contribution < -0.4 is 0 Å². The molecule has 0 spiro atoms. The molecular formula is C103H99I2N4O2PS5Th. The van der Waals surface area contributed by atoms with Gasteiger partial charge in [-0.3, -0.25) is 9.59 Å². The first-order chi connectivity index (χ1) is 57.3. The number of allylic oxidation sites excluding steroid dienone is 5. The number of carbonyl (C=O) groups is 2. The fourth-order valence-electron chi connectivity index (χ4n) is 17.6. The van der Waals surface area contributed by atoms with Gasteiger partial charge in [-0.1, -0.05) is 264 Å². The largest absolute Gasteiger partial charge is 0.528 e. The molecule has 0 saturated carbocycles. The fraction of sp³-hybridized carbons (Fsp3) is 0.291. The molecule has 118 heavy (non-hydrogen) atoms. The first-order valence-corrected chi connectivity index (χ1v) is 52.7. The molecule has 0 fully saturated rings. The number of ketones is 2. The van der Waals surface area contributed by atoms with Gasteiger partial charge in [0.1, 0.15) is 74.9 Å². The topological polar surface area (TPSA) is 90.4 Å². The average Bonchev–Trinajstić information content (AvgIpc) is 1.49. The first kappa shape index (κ1) is 88.8. The number of carbonyl (C=O) groups excluding carboxylic acids is 2. The molecule has 12 aromatic rings. The number of nitriles is 2. The van der Waals surface area contributed by atoms with Gasteiger partial charge in [0, 0.05) is 118 Å². The van der Waals surface area contributed by atoms with E-state index < -0.39 is 14.0 Å². The van der Waals surface area contributed by atoms with Crippen LogP contribution in [-0.2, 0) is 36.5 Å². The summed E-state index contributed by atoms with van der Waals surface area (Å²) in [5, 5.41) is 20.9. The molecule has 0 atom stereocenters. The van der Waals surface area contributed by atoms with E-state index in [0.29, 0.717) is 44.5 Å². The molecule has 0 bridgehead atoms. The van der Waals surface area contributed by atoms with E-state index in [1.807, 2.05) is 140 Å². The summed E-state index contributed by atoms with van der Waals surface area (Å²) in [6, 6.07) is 71.4. The standard InChI is InChI=1S/C94H82N4O2S4.C6H8S.C2H6.CH3I2P.Th/c1-7-11-15-19-27-59-35-43-64(44-36-59)93(65-45-37-60(38-46-65)28-20-16-12-8-2)78-56-75-79(55-74(78)88-84(93)90-80(103-88)53-68(101-90)51-76-82(63(57-95)58-96)70-31-23-25-33-72(70)86(76)99)94(66-47-39-61(40-48-66)29-21-17-13-9-3,67-49-41-62(42-50-67)30-22-18-14-10-4)85-89(75)104-81-54-69(102-91(81)85)52-77-83(92(97-5)98-6)71-32-24-26-34-73(71)87(77)100;1-5-3-4-6(2)7-5;1-2;1-4(2)3;/h23-26,31-56H,7-22,27-30H2,1-4H3;3-4H,1-2H3;1-2H3;4H,1H2;/b76-51+,77-52+;;;;/i;;;4T;. The van der Waals surface area contributed by atoms with Crippen LogP contribution in [0.3, 0.4) is 0 Å². The predicted octanol–water partition coefficient (Wildman–Crippen LogP) is 32.4. The summed E-state index contributed by atoms with van der Waals surface area (Å²) in [5.74, 6) is -0.479. The van der Waals surface area contributed by atoms with Crippen LogP contribution in [0, 0.1) is 96.3 Å². The third kappa shape index (κ3) is 18.3. The van der Waals surface area contributed by atoms with Crippen LogP contribution in [0.5, 0.6) is 0 Å². The van der Waals surface area contributed by atoms with E-state index >= 15 is 0 Å². The van der Waals surface area contributed by atoms with Crippen molar-refractivity contribution >= 4 is 158 Å². The predicted molar refractivity (Wildman–Crippen MR) is 522 cm³/mol. The molecule has 16 rings (SSSR count). The van der Waals surface area contributed by atoms with Crippen molar-refractivity contribution in [2.24, 2.45) is 0 Å². The molecule has 0 saturated heterocycles. The monoisotopic (exact) mass is 2100 g/mol. The van der Waals surface area contributed by atoms with E-state index in [0.717, 1.165) is 79.9 Å². The molecule has 5 aromatic heterocycles.